The smallest absolute Gasteiger partial charge is 0.394 e. The van der Waals surface area contributed by atoms with E-state index in [2.05, 4.69) is 15.3 Å². The topological polar surface area (TPSA) is 147 Å². The summed E-state index contributed by atoms with van der Waals surface area (Å²) in [6, 6.07) is 10.3. The van der Waals surface area contributed by atoms with Gasteiger partial charge in [-0.05, 0) is 49.7 Å². The van der Waals surface area contributed by atoms with Gasteiger partial charge in [0.25, 0.3) is 0 Å². The van der Waals surface area contributed by atoms with Gasteiger partial charge in [-0.25, -0.2) is 4.98 Å². The summed E-state index contributed by atoms with van der Waals surface area (Å²) in [5.74, 6) is -1.05. The third kappa shape index (κ3) is 5.58. The molecule has 2 heterocycles. The van der Waals surface area contributed by atoms with Crippen LogP contribution in [0.2, 0.25) is 0 Å². The van der Waals surface area contributed by atoms with Crippen LogP contribution in [-0.4, -0.2) is 37.9 Å². The minimum atomic E-state index is -4.49. The first-order chi connectivity index (χ1) is 18.3. The summed E-state index contributed by atoms with van der Waals surface area (Å²) < 4.78 is 40.0. The summed E-state index contributed by atoms with van der Waals surface area (Å²) in [6.07, 6.45) is -1.79. The second-order valence-electron chi connectivity index (χ2n) is 9.47. The molecule has 0 radical (unpaired) electrons. The van der Waals surface area contributed by atoms with Gasteiger partial charge >= 0.3 is 6.18 Å². The fourth-order valence-electron chi connectivity index (χ4n) is 3.97. The standard InChI is InChI=1S/C27H23F3N6O3/c1-26(2,14-37)36-13-20(19-12-33-25(32)35-24(19)36)23(39)16-5-6-17(11-31)21(10-16)34-22(38)9-15-3-7-18(8-4-15)27(28,29)30/h3-8,10,12-13,37H,9,14H2,1-2H3,(H,34,38)(H2,32,33,35). The van der Waals surface area contributed by atoms with Gasteiger partial charge in [0.2, 0.25) is 11.9 Å². The molecule has 0 spiro atoms. The highest BCUT2D eigenvalue weighted by Crippen LogP contribution is 2.30. The number of fused-ring (bicyclic) bond motifs is 1. The molecule has 1 amide bonds. The lowest BCUT2D eigenvalue weighted by Gasteiger charge is -2.24. The lowest BCUT2D eigenvalue weighted by Crippen LogP contribution is -2.30. The van der Waals surface area contributed by atoms with Crippen LogP contribution in [-0.2, 0) is 22.9 Å². The predicted octanol–water partition coefficient (Wildman–Crippen LogP) is 4.04. The number of nitrogens with two attached hydrogens (primary N) is 1. The first kappa shape index (κ1) is 27.3. The quantitative estimate of drug-likeness (QED) is 0.302. The van der Waals surface area contributed by atoms with Crippen LogP contribution in [0, 0.1) is 11.3 Å². The maximum absolute atomic E-state index is 13.6. The molecule has 2 aromatic carbocycles. The lowest BCUT2D eigenvalue weighted by molar-refractivity contribution is -0.137. The van der Waals surface area contributed by atoms with E-state index in [0.717, 1.165) is 12.1 Å². The van der Waals surface area contributed by atoms with Crippen molar-refractivity contribution < 1.29 is 27.9 Å². The van der Waals surface area contributed by atoms with E-state index >= 15 is 0 Å². The number of rotatable bonds is 7. The Labute approximate surface area is 220 Å². The minimum absolute atomic E-state index is 0.00833. The van der Waals surface area contributed by atoms with Crippen molar-refractivity contribution >= 4 is 34.4 Å². The number of nitrogens with one attached hydrogen (secondary N) is 1. The van der Waals surface area contributed by atoms with E-state index in [9.17, 15) is 33.1 Å². The van der Waals surface area contributed by atoms with Gasteiger partial charge < -0.3 is 20.7 Å². The Hall–Kier alpha value is -4.76. The normalized spacial score (nSPS) is 11.8. The van der Waals surface area contributed by atoms with Crippen molar-refractivity contribution in [3.05, 3.63) is 82.7 Å². The van der Waals surface area contributed by atoms with Crippen LogP contribution >= 0.6 is 0 Å². The second kappa shape index (κ2) is 10.2. The molecule has 4 rings (SSSR count). The Balaban J connectivity index is 1.64. The fraction of sp³-hybridized carbons (Fsp3) is 0.222. The molecule has 12 heteroatoms. The first-order valence-corrected chi connectivity index (χ1v) is 11.6. The predicted molar refractivity (Wildman–Crippen MR) is 137 cm³/mol. The van der Waals surface area contributed by atoms with Crippen LogP contribution in [0.3, 0.4) is 0 Å². The van der Waals surface area contributed by atoms with Crippen LogP contribution in [0.25, 0.3) is 11.0 Å². The second-order valence-corrected chi connectivity index (χ2v) is 9.47. The van der Waals surface area contributed by atoms with Gasteiger partial charge in [0.1, 0.15) is 11.7 Å². The van der Waals surface area contributed by atoms with Gasteiger partial charge in [0.15, 0.2) is 5.78 Å². The number of anilines is 2. The summed E-state index contributed by atoms with van der Waals surface area (Å²) in [7, 11) is 0. The van der Waals surface area contributed by atoms with Crippen molar-refractivity contribution in [3.63, 3.8) is 0 Å². The van der Waals surface area contributed by atoms with Gasteiger partial charge in [0.05, 0.1) is 40.9 Å². The number of aliphatic hydroxyl groups is 1. The summed E-state index contributed by atoms with van der Waals surface area (Å²) in [6.45, 7) is 3.26. The maximum Gasteiger partial charge on any atom is 0.416 e. The number of hydrogen-bond donors (Lipinski definition) is 3. The number of aromatic nitrogens is 3. The number of nitrogens with zero attached hydrogens (tertiary/aromatic N) is 4. The van der Waals surface area contributed by atoms with Crippen molar-refractivity contribution in [1.82, 2.24) is 14.5 Å². The largest absolute Gasteiger partial charge is 0.416 e. The third-order valence-corrected chi connectivity index (χ3v) is 6.17. The zero-order valence-corrected chi connectivity index (χ0v) is 20.9. The van der Waals surface area contributed by atoms with E-state index in [-0.39, 0.29) is 41.4 Å². The lowest BCUT2D eigenvalue weighted by atomic mass is 10.0. The number of aliphatic hydroxyl groups excluding tert-OH is 1. The number of hydrogen-bond acceptors (Lipinski definition) is 7. The number of halogens is 3. The van der Waals surface area contributed by atoms with E-state index in [1.54, 1.807) is 24.6 Å². The Morgan fingerprint density at radius 3 is 2.46 bits per heavy atom. The van der Waals surface area contributed by atoms with E-state index < -0.39 is 29.0 Å². The van der Waals surface area contributed by atoms with Crippen LogP contribution in [0.4, 0.5) is 24.8 Å². The summed E-state index contributed by atoms with van der Waals surface area (Å²) >= 11 is 0. The van der Waals surface area contributed by atoms with Gasteiger partial charge in [-0.15, -0.1) is 0 Å². The fourth-order valence-corrected chi connectivity index (χ4v) is 3.97. The average Bonchev–Trinajstić information content (AvgIpc) is 3.27. The van der Waals surface area contributed by atoms with Crippen molar-refractivity contribution in [3.8, 4) is 6.07 Å². The molecule has 0 aliphatic carbocycles. The molecule has 39 heavy (non-hydrogen) atoms. The molecular formula is C27H23F3N6O3. The summed E-state index contributed by atoms with van der Waals surface area (Å²) in [5.41, 5.74) is 5.32. The summed E-state index contributed by atoms with van der Waals surface area (Å²) in [4.78, 5) is 34.4. The van der Waals surface area contributed by atoms with Crippen molar-refractivity contribution in [2.45, 2.75) is 32.0 Å². The number of carbonyl (C=O) groups is 2. The molecule has 0 saturated heterocycles. The Kier molecular flexibility index (Phi) is 7.12. The van der Waals surface area contributed by atoms with Crippen LogP contribution in [0.15, 0.2) is 54.9 Å². The summed E-state index contributed by atoms with van der Waals surface area (Å²) in [5, 5.41) is 22.4. The molecule has 200 valence electrons. The zero-order chi connectivity index (χ0) is 28.5. The SMILES string of the molecule is CC(C)(CO)n1cc(C(=O)c2ccc(C#N)c(NC(=O)Cc3ccc(C(F)(F)F)cc3)c2)c2cnc(N)nc21. The van der Waals surface area contributed by atoms with Gasteiger partial charge in [-0.3, -0.25) is 9.59 Å². The molecule has 0 fully saturated rings. The molecule has 0 atom stereocenters. The number of benzene rings is 2. The van der Waals surface area contributed by atoms with Crippen LogP contribution < -0.4 is 11.1 Å². The van der Waals surface area contributed by atoms with Crippen LogP contribution in [0.1, 0.15) is 46.5 Å². The molecular weight excluding hydrogens is 513 g/mol. The highest BCUT2D eigenvalue weighted by Gasteiger charge is 2.30. The van der Waals surface area contributed by atoms with Crippen molar-refractivity contribution in [1.29, 1.82) is 5.26 Å². The zero-order valence-electron chi connectivity index (χ0n) is 20.9. The Bertz CT molecular complexity index is 1620. The number of nitrogen functional groups attached to an aromatic ring is 1. The number of amides is 1. The van der Waals surface area contributed by atoms with E-state index in [1.165, 1.54) is 36.5 Å². The molecule has 2 aromatic heterocycles. The Morgan fingerprint density at radius 1 is 1.15 bits per heavy atom. The van der Waals surface area contributed by atoms with Crippen LogP contribution in [0.5, 0.6) is 0 Å². The van der Waals surface area contributed by atoms with E-state index in [0.29, 0.717) is 16.6 Å². The number of nitriles is 1. The van der Waals surface area contributed by atoms with Gasteiger partial charge in [-0.2, -0.15) is 23.4 Å². The maximum atomic E-state index is 13.6. The minimum Gasteiger partial charge on any atom is -0.394 e. The van der Waals surface area contributed by atoms with Crippen molar-refractivity contribution in [2.24, 2.45) is 0 Å². The monoisotopic (exact) mass is 536 g/mol. The van der Waals surface area contributed by atoms with Gasteiger partial charge in [-0.1, -0.05) is 12.1 Å². The van der Waals surface area contributed by atoms with Crippen molar-refractivity contribution in [2.75, 3.05) is 17.7 Å². The molecule has 0 bridgehead atoms. The molecule has 0 aliphatic heterocycles. The average molecular weight is 537 g/mol. The molecule has 0 saturated carbocycles. The highest BCUT2D eigenvalue weighted by molar-refractivity contribution is 6.16. The van der Waals surface area contributed by atoms with E-state index in [4.69, 9.17) is 5.73 Å². The number of carbonyl (C=O) groups excluding carboxylic acids is 2. The first-order valence-electron chi connectivity index (χ1n) is 11.6. The molecule has 9 nitrogen and oxygen atoms in total. The molecule has 4 N–H and O–H groups in total. The van der Waals surface area contributed by atoms with E-state index in [1.807, 2.05) is 6.07 Å². The number of alkyl halides is 3. The molecule has 0 aliphatic rings. The molecule has 4 aromatic rings. The number of ketones is 1. The Morgan fingerprint density at radius 2 is 1.85 bits per heavy atom. The third-order valence-electron chi connectivity index (χ3n) is 6.17. The molecule has 0 unspecified atom stereocenters. The van der Waals surface area contributed by atoms with Gasteiger partial charge in [0, 0.05) is 23.3 Å². The highest BCUT2D eigenvalue weighted by atomic mass is 19.4.